The van der Waals surface area contributed by atoms with Crippen molar-refractivity contribution in [2.45, 2.75) is 109 Å². The number of nitrogens with zero attached hydrogens (tertiary/aromatic N) is 3. The van der Waals surface area contributed by atoms with Crippen LogP contribution in [0, 0.1) is 11.3 Å². The lowest BCUT2D eigenvalue weighted by Gasteiger charge is -2.34. The Bertz CT molecular complexity index is 1720. The molecular weight excluding hydrogens is 761 g/mol. The number of fused-ring (bicyclic) bond motifs is 1. The smallest absolute Gasteiger partial charge is 0.410 e. The van der Waals surface area contributed by atoms with Crippen molar-refractivity contribution in [2.75, 3.05) is 20.2 Å². The van der Waals surface area contributed by atoms with Gasteiger partial charge in [0.15, 0.2) is 6.10 Å². The number of pyridine rings is 1. The monoisotopic (exact) mass is 811 g/mol. The van der Waals surface area contributed by atoms with Gasteiger partial charge in [0.05, 0.1) is 22.7 Å². The number of esters is 2. The molecule has 4 atom stereocenters. The van der Waals surface area contributed by atoms with Crippen molar-refractivity contribution in [1.82, 2.24) is 25.6 Å². The number of nitrogens with one attached hydrogen (secondary N) is 2. The lowest BCUT2D eigenvalue weighted by atomic mass is 9.92. The van der Waals surface area contributed by atoms with Gasteiger partial charge in [-0.15, -0.1) is 0 Å². The SMILES string of the molecule is CC(NC(=O)C(OC(=O)C(C)(C)/C=C/c1ccc2ccc([C@@H](C)N(C)C(=O)OC(C)(C)C)nc2c1)C(C)C)C(=O)N1CCCC(C(=O)OCC(Cl)(Cl)Cl)N1. The second kappa shape index (κ2) is 18.3. The summed E-state index contributed by atoms with van der Waals surface area (Å²) in [5.41, 5.74) is 3.22. The summed E-state index contributed by atoms with van der Waals surface area (Å²) in [4.78, 5) is 71.5. The summed E-state index contributed by atoms with van der Waals surface area (Å²) >= 11 is 17.0. The van der Waals surface area contributed by atoms with Crippen LogP contribution in [-0.2, 0) is 33.4 Å². The van der Waals surface area contributed by atoms with Gasteiger partial charge in [-0.3, -0.25) is 29.2 Å². The van der Waals surface area contributed by atoms with E-state index in [1.807, 2.05) is 58.0 Å². The average Bonchev–Trinajstić information content (AvgIpc) is 3.09. The molecule has 1 aromatic carbocycles. The Kier molecular flexibility index (Phi) is 15.2. The zero-order valence-corrected chi connectivity index (χ0v) is 34.8. The van der Waals surface area contributed by atoms with Gasteiger partial charge in [-0.05, 0) is 84.9 Å². The Labute approximate surface area is 332 Å². The predicted molar refractivity (Wildman–Crippen MR) is 208 cm³/mol. The van der Waals surface area contributed by atoms with Gasteiger partial charge in [-0.1, -0.05) is 79.0 Å². The minimum atomic E-state index is -1.77. The summed E-state index contributed by atoms with van der Waals surface area (Å²) in [7, 11) is 1.67. The van der Waals surface area contributed by atoms with Crippen LogP contribution in [0.2, 0.25) is 0 Å². The first kappa shape index (κ1) is 44.7. The Hall–Kier alpha value is -3.65. The number of hydrogen-bond donors (Lipinski definition) is 2. The Morgan fingerprint density at radius 3 is 2.30 bits per heavy atom. The largest absolute Gasteiger partial charge is 0.460 e. The van der Waals surface area contributed by atoms with Crippen LogP contribution in [0.4, 0.5) is 4.79 Å². The van der Waals surface area contributed by atoms with E-state index in [0.717, 1.165) is 10.9 Å². The molecule has 1 fully saturated rings. The number of ether oxygens (including phenoxy) is 3. The number of hydrogen-bond acceptors (Lipinski definition) is 10. The Balaban J connectivity index is 1.65. The molecule has 0 bridgehead atoms. The fourth-order valence-corrected chi connectivity index (χ4v) is 5.43. The third kappa shape index (κ3) is 13.0. The summed E-state index contributed by atoms with van der Waals surface area (Å²) in [6.07, 6.45) is 2.72. The standard InChI is InChI=1S/C38H52Cl3N5O8/c1-22(2)30(31(47)42-23(3)32(48)46-19-11-12-28(44-46)33(49)52-21-38(39,40)41)53-34(50)37(8,9)18-17-25-13-14-26-15-16-27(43-29(26)20-25)24(4)45(10)35(51)54-36(5,6)7/h13-18,20,22-24,28,30,44H,11-12,19,21H2,1-10H3,(H,42,47)/b18-17+/t23?,24-,28?,30?/m1/s1. The second-order valence-corrected chi connectivity index (χ2v) is 17.9. The van der Waals surface area contributed by atoms with Crippen molar-refractivity contribution in [1.29, 1.82) is 0 Å². The van der Waals surface area contributed by atoms with Crippen LogP contribution >= 0.6 is 34.8 Å². The van der Waals surface area contributed by atoms with E-state index < -0.39 is 75.4 Å². The summed E-state index contributed by atoms with van der Waals surface area (Å²) in [6, 6.07) is 7.29. The molecule has 3 rings (SSSR count). The van der Waals surface area contributed by atoms with Crippen LogP contribution in [0.15, 0.2) is 36.4 Å². The molecule has 2 aromatic rings. The van der Waals surface area contributed by atoms with Gasteiger partial charge in [0.1, 0.15) is 24.3 Å². The highest BCUT2D eigenvalue weighted by atomic mass is 35.6. The first-order valence-electron chi connectivity index (χ1n) is 17.8. The van der Waals surface area contributed by atoms with E-state index >= 15 is 0 Å². The van der Waals surface area contributed by atoms with Gasteiger partial charge in [-0.2, -0.15) is 0 Å². The zero-order valence-electron chi connectivity index (χ0n) is 32.5. The number of amides is 3. The van der Waals surface area contributed by atoms with Crippen LogP contribution in [0.1, 0.15) is 92.5 Å². The van der Waals surface area contributed by atoms with E-state index in [1.54, 1.807) is 46.9 Å². The molecule has 13 nitrogen and oxygen atoms in total. The molecule has 0 saturated carbocycles. The minimum absolute atomic E-state index is 0.287. The fraction of sp³-hybridized carbons (Fsp3) is 0.579. The summed E-state index contributed by atoms with van der Waals surface area (Å²) < 4.78 is 14.5. The average molecular weight is 813 g/mol. The lowest BCUT2D eigenvalue weighted by molar-refractivity contribution is -0.165. The third-order valence-electron chi connectivity index (χ3n) is 8.59. The highest BCUT2D eigenvalue weighted by molar-refractivity contribution is 6.67. The minimum Gasteiger partial charge on any atom is -0.460 e. The number of aromatic nitrogens is 1. The first-order chi connectivity index (χ1) is 24.9. The van der Waals surface area contributed by atoms with Crippen LogP contribution < -0.4 is 10.7 Å². The van der Waals surface area contributed by atoms with Crippen LogP contribution in [0.25, 0.3) is 17.0 Å². The van der Waals surface area contributed by atoms with Gasteiger partial charge in [-0.25, -0.2) is 10.2 Å². The highest BCUT2D eigenvalue weighted by Crippen LogP contribution is 2.28. The number of carbonyl (C=O) groups is 5. The van der Waals surface area contributed by atoms with Gasteiger partial charge in [0, 0.05) is 19.0 Å². The van der Waals surface area contributed by atoms with Crippen LogP contribution in [0.5, 0.6) is 0 Å². The summed E-state index contributed by atoms with van der Waals surface area (Å²) in [5, 5.41) is 4.79. The van der Waals surface area contributed by atoms with E-state index in [0.29, 0.717) is 24.1 Å². The molecule has 0 radical (unpaired) electrons. The number of alkyl halides is 3. The first-order valence-corrected chi connectivity index (χ1v) is 18.9. The molecule has 0 aliphatic carbocycles. The van der Waals surface area contributed by atoms with Gasteiger partial charge >= 0.3 is 18.0 Å². The number of benzene rings is 1. The predicted octanol–water partition coefficient (Wildman–Crippen LogP) is 6.68. The highest BCUT2D eigenvalue weighted by Gasteiger charge is 2.37. The molecule has 0 spiro atoms. The zero-order chi connectivity index (χ0) is 40.8. The molecule has 16 heteroatoms. The van der Waals surface area contributed by atoms with E-state index in [9.17, 15) is 24.0 Å². The fourth-order valence-electron chi connectivity index (χ4n) is 5.27. The van der Waals surface area contributed by atoms with Crippen LogP contribution in [0.3, 0.4) is 0 Å². The van der Waals surface area contributed by atoms with Crippen molar-refractivity contribution in [2.24, 2.45) is 11.3 Å². The summed E-state index contributed by atoms with van der Waals surface area (Å²) in [5.74, 6) is -2.88. The van der Waals surface area contributed by atoms with Gasteiger partial charge in [0.2, 0.25) is 3.79 Å². The number of hydrazine groups is 1. The van der Waals surface area contributed by atoms with Crippen molar-refractivity contribution in [3.05, 3.63) is 47.7 Å². The van der Waals surface area contributed by atoms with Gasteiger partial charge in [0.25, 0.3) is 11.8 Å². The molecule has 3 unspecified atom stereocenters. The molecule has 3 amide bonds. The van der Waals surface area contributed by atoms with E-state index in [-0.39, 0.29) is 12.6 Å². The van der Waals surface area contributed by atoms with E-state index in [1.165, 1.54) is 16.8 Å². The normalized spacial score (nSPS) is 17.1. The summed E-state index contributed by atoms with van der Waals surface area (Å²) in [6.45, 7) is 15.5. The van der Waals surface area contributed by atoms with Crippen molar-refractivity contribution in [3.63, 3.8) is 0 Å². The molecule has 1 saturated heterocycles. The second-order valence-electron chi connectivity index (χ2n) is 15.3. The lowest BCUT2D eigenvalue weighted by Crippen LogP contribution is -2.60. The Morgan fingerprint density at radius 2 is 1.69 bits per heavy atom. The van der Waals surface area contributed by atoms with Crippen molar-refractivity contribution in [3.8, 4) is 0 Å². The number of carbonyl (C=O) groups excluding carboxylic acids is 5. The van der Waals surface area contributed by atoms with Crippen LogP contribution in [-0.4, -0.2) is 92.5 Å². The molecule has 54 heavy (non-hydrogen) atoms. The molecule has 298 valence electrons. The maximum atomic E-state index is 13.5. The topological polar surface area (TPSA) is 156 Å². The maximum Gasteiger partial charge on any atom is 0.410 e. The molecule has 2 N–H and O–H groups in total. The molecule has 1 aliphatic heterocycles. The molecule has 1 aromatic heterocycles. The van der Waals surface area contributed by atoms with Crippen molar-refractivity contribution >= 4 is 81.6 Å². The maximum absolute atomic E-state index is 13.5. The third-order valence-corrected chi connectivity index (χ3v) is 8.92. The number of rotatable bonds is 12. The molecule has 1 aliphatic rings. The quantitative estimate of drug-likeness (QED) is 0.135. The molecular formula is C38H52Cl3N5O8. The number of halogens is 3. The molecule has 2 heterocycles. The van der Waals surface area contributed by atoms with E-state index in [4.69, 9.17) is 54.0 Å². The van der Waals surface area contributed by atoms with Gasteiger partial charge < -0.3 is 24.4 Å². The Morgan fingerprint density at radius 1 is 1.04 bits per heavy atom. The van der Waals surface area contributed by atoms with Crippen molar-refractivity contribution < 1.29 is 38.2 Å². The van der Waals surface area contributed by atoms with E-state index in [2.05, 4.69) is 10.7 Å².